The van der Waals surface area contributed by atoms with Gasteiger partial charge in [0.25, 0.3) is 0 Å². The van der Waals surface area contributed by atoms with Gasteiger partial charge in [-0.1, -0.05) is 11.8 Å². The number of rotatable bonds is 4. The number of aromatic nitrogens is 3. The van der Waals surface area contributed by atoms with Crippen LogP contribution < -0.4 is 0 Å². The van der Waals surface area contributed by atoms with Gasteiger partial charge in [0.1, 0.15) is 6.33 Å². The van der Waals surface area contributed by atoms with Crippen LogP contribution in [0.15, 0.2) is 11.5 Å². The van der Waals surface area contributed by atoms with Crippen molar-refractivity contribution in [1.29, 1.82) is 0 Å². The van der Waals surface area contributed by atoms with Gasteiger partial charge in [0.2, 0.25) is 0 Å². The summed E-state index contributed by atoms with van der Waals surface area (Å²) < 4.78 is 1.90. The first-order valence-electron chi connectivity index (χ1n) is 3.75. The van der Waals surface area contributed by atoms with E-state index in [1.165, 1.54) is 0 Å². The van der Waals surface area contributed by atoms with Crippen LogP contribution >= 0.6 is 11.8 Å². The van der Waals surface area contributed by atoms with E-state index in [9.17, 15) is 0 Å². The van der Waals surface area contributed by atoms with Gasteiger partial charge in [-0.2, -0.15) is 0 Å². The van der Waals surface area contributed by atoms with Gasteiger partial charge in [-0.25, -0.2) is 0 Å². The van der Waals surface area contributed by atoms with E-state index in [1.54, 1.807) is 18.1 Å². The minimum Gasteiger partial charge on any atom is -0.312 e. The molecule has 1 aromatic rings. The summed E-state index contributed by atoms with van der Waals surface area (Å²) in [6, 6.07) is 0. The topological polar surface area (TPSA) is 30.7 Å². The molecule has 0 unspecified atom stereocenters. The normalized spacial score (nSPS) is 9.67. The highest BCUT2D eigenvalue weighted by Gasteiger charge is 1.99. The lowest BCUT2D eigenvalue weighted by Crippen LogP contribution is -1.89. The fourth-order valence-electron chi connectivity index (χ4n) is 0.741. The summed E-state index contributed by atoms with van der Waals surface area (Å²) in [7, 11) is 1.93. The second-order valence-corrected chi connectivity index (χ2v) is 3.44. The molecule has 3 nitrogen and oxygen atoms in total. The molecule has 0 aliphatic rings. The molecule has 0 bridgehead atoms. The number of thioether (sulfide) groups is 1. The van der Waals surface area contributed by atoms with Crippen LogP contribution in [-0.4, -0.2) is 20.5 Å². The lowest BCUT2D eigenvalue weighted by molar-refractivity contribution is 0.787. The van der Waals surface area contributed by atoms with Crippen LogP contribution in [0.5, 0.6) is 0 Å². The Morgan fingerprint density at radius 2 is 2.58 bits per heavy atom. The third kappa shape index (κ3) is 2.59. The fraction of sp³-hybridized carbons (Fsp3) is 0.500. The van der Waals surface area contributed by atoms with E-state index in [2.05, 4.69) is 16.1 Å². The summed E-state index contributed by atoms with van der Waals surface area (Å²) in [5.41, 5.74) is 0. The smallest absolute Gasteiger partial charge is 0.190 e. The molecule has 0 spiro atoms. The molecule has 0 atom stereocenters. The van der Waals surface area contributed by atoms with Gasteiger partial charge < -0.3 is 4.57 Å². The standard InChI is InChI=1S/C8H11N3S/c1-3-4-5-6-12-8-10-9-7-11(8)2/h1,7H,4-6H2,2H3. The summed E-state index contributed by atoms with van der Waals surface area (Å²) in [6.45, 7) is 0. The molecule has 1 rings (SSSR count). The maximum atomic E-state index is 5.13. The highest BCUT2D eigenvalue weighted by Crippen LogP contribution is 2.14. The molecule has 64 valence electrons. The van der Waals surface area contributed by atoms with E-state index >= 15 is 0 Å². The van der Waals surface area contributed by atoms with Crippen molar-refractivity contribution in [3.63, 3.8) is 0 Å². The molecule has 0 aliphatic carbocycles. The van der Waals surface area contributed by atoms with Crippen LogP contribution in [0.4, 0.5) is 0 Å². The van der Waals surface area contributed by atoms with Gasteiger partial charge in [-0.3, -0.25) is 0 Å². The molecule has 0 amide bonds. The van der Waals surface area contributed by atoms with Gasteiger partial charge in [-0.15, -0.1) is 22.5 Å². The molecule has 0 aromatic carbocycles. The molecule has 0 radical (unpaired) electrons. The van der Waals surface area contributed by atoms with Gasteiger partial charge >= 0.3 is 0 Å². The van der Waals surface area contributed by atoms with Crippen LogP contribution in [-0.2, 0) is 7.05 Å². The van der Waals surface area contributed by atoms with Crippen LogP contribution in [0.1, 0.15) is 12.8 Å². The highest BCUT2D eigenvalue weighted by atomic mass is 32.2. The van der Waals surface area contributed by atoms with Crippen LogP contribution in [0.2, 0.25) is 0 Å². The maximum absolute atomic E-state index is 5.13. The van der Waals surface area contributed by atoms with Crippen molar-refractivity contribution in [2.75, 3.05) is 5.75 Å². The van der Waals surface area contributed by atoms with Crippen molar-refractivity contribution in [2.45, 2.75) is 18.0 Å². The number of terminal acetylenes is 1. The van der Waals surface area contributed by atoms with Crippen molar-refractivity contribution in [2.24, 2.45) is 7.05 Å². The Balaban J connectivity index is 2.25. The van der Waals surface area contributed by atoms with E-state index in [4.69, 9.17) is 6.42 Å². The fourth-order valence-corrected chi connectivity index (χ4v) is 1.57. The Hall–Kier alpha value is -0.950. The zero-order valence-corrected chi connectivity index (χ0v) is 7.84. The first kappa shape index (κ1) is 9.14. The Labute approximate surface area is 76.6 Å². The van der Waals surface area contributed by atoms with Crippen LogP contribution in [0.25, 0.3) is 0 Å². The Kier molecular flexibility index (Phi) is 3.68. The second-order valence-electron chi connectivity index (χ2n) is 2.38. The molecule has 0 saturated carbocycles. The number of nitrogens with zero attached hydrogens (tertiary/aromatic N) is 3. The first-order valence-corrected chi connectivity index (χ1v) is 4.73. The Morgan fingerprint density at radius 1 is 1.75 bits per heavy atom. The van der Waals surface area contributed by atoms with Crippen molar-refractivity contribution in [3.8, 4) is 12.3 Å². The Bertz CT molecular complexity index is 274. The van der Waals surface area contributed by atoms with Crippen molar-refractivity contribution in [3.05, 3.63) is 6.33 Å². The summed E-state index contributed by atoms with van der Waals surface area (Å²) in [6.07, 6.45) is 8.70. The molecule has 1 aromatic heterocycles. The zero-order valence-electron chi connectivity index (χ0n) is 7.03. The van der Waals surface area contributed by atoms with Gasteiger partial charge in [0.15, 0.2) is 5.16 Å². The third-order valence-corrected chi connectivity index (χ3v) is 2.49. The van der Waals surface area contributed by atoms with Gasteiger partial charge in [0.05, 0.1) is 0 Å². The molecule has 0 aliphatic heterocycles. The number of unbranched alkanes of at least 4 members (excludes halogenated alkanes) is 1. The van der Waals surface area contributed by atoms with Crippen LogP contribution in [0.3, 0.4) is 0 Å². The predicted octanol–water partition coefficient (Wildman–Crippen LogP) is 1.32. The quantitative estimate of drug-likeness (QED) is 0.399. The number of hydrogen-bond acceptors (Lipinski definition) is 3. The summed E-state index contributed by atoms with van der Waals surface area (Å²) in [5.74, 6) is 3.62. The number of hydrogen-bond donors (Lipinski definition) is 0. The largest absolute Gasteiger partial charge is 0.312 e. The molecule has 1 heterocycles. The predicted molar refractivity (Wildman–Crippen MR) is 49.8 cm³/mol. The summed E-state index contributed by atoms with van der Waals surface area (Å²) >= 11 is 1.69. The van der Waals surface area contributed by atoms with Crippen molar-refractivity contribution in [1.82, 2.24) is 14.8 Å². The van der Waals surface area contributed by atoms with E-state index < -0.39 is 0 Å². The third-order valence-electron chi connectivity index (χ3n) is 1.37. The van der Waals surface area contributed by atoms with Crippen molar-refractivity contribution >= 4 is 11.8 Å². The molecular formula is C8H11N3S. The Morgan fingerprint density at radius 3 is 3.17 bits per heavy atom. The first-order chi connectivity index (χ1) is 5.84. The molecular weight excluding hydrogens is 170 g/mol. The van der Waals surface area contributed by atoms with E-state index in [0.717, 1.165) is 23.8 Å². The molecule has 0 fully saturated rings. The maximum Gasteiger partial charge on any atom is 0.190 e. The number of aryl methyl sites for hydroxylation is 1. The highest BCUT2D eigenvalue weighted by molar-refractivity contribution is 7.99. The average Bonchev–Trinajstić information content (AvgIpc) is 2.46. The second kappa shape index (κ2) is 4.83. The molecule has 0 saturated heterocycles. The SMILES string of the molecule is C#CCCCSc1nncn1C. The van der Waals surface area contributed by atoms with E-state index in [1.807, 2.05) is 11.6 Å². The van der Waals surface area contributed by atoms with Gasteiger partial charge in [0, 0.05) is 19.2 Å². The summed E-state index contributed by atoms with van der Waals surface area (Å²) in [4.78, 5) is 0. The average molecular weight is 181 g/mol. The van der Waals surface area contributed by atoms with Gasteiger partial charge in [-0.05, 0) is 6.42 Å². The molecule has 4 heteroatoms. The minimum absolute atomic E-state index is 0.838. The molecule has 12 heavy (non-hydrogen) atoms. The monoisotopic (exact) mass is 181 g/mol. The van der Waals surface area contributed by atoms with Crippen molar-refractivity contribution < 1.29 is 0 Å². The molecule has 0 N–H and O–H groups in total. The zero-order chi connectivity index (χ0) is 8.81. The minimum atomic E-state index is 0.838. The lowest BCUT2D eigenvalue weighted by atomic mass is 10.4. The van der Waals surface area contributed by atoms with E-state index in [-0.39, 0.29) is 0 Å². The van der Waals surface area contributed by atoms with E-state index in [0.29, 0.717) is 0 Å². The van der Waals surface area contributed by atoms with Crippen LogP contribution in [0, 0.1) is 12.3 Å². The lowest BCUT2D eigenvalue weighted by Gasteiger charge is -1.97. The summed E-state index contributed by atoms with van der Waals surface area (Å²) in [5, 5.41) is 8.66.